The van der Waals surface area contributed by atoms with Crippen LogP contribution in [0.2, 0.25) is 0 Å². The number of ether oxygens (including phenoxy) is 2. The van der Waals surface area contributed by atoms with Crippen LogP contribution in [0.1, 0.15) is 20.3 Å². The number of rotatable bonds is 4. The van der Waals surface area contributed by atoms with Crippen LogP contribution in [-0.4, -0.2) is 51.2 Å². The normalized spacial score (nSPS) is 35.2. The molecule has 1 saturated heterocycles. The predicted octanol–water partition coefficient (Wildman–Crippen LogP) is 0.421. The lowest BCUT2D eigenvalue weighted by molar-refractivity contribution is -0.162. The maximum absolute atomic E-state index is 11.4. The van der Waals surface area contributed by atoms with Crippen molar-refractivity contribution in [3.8, 4) is 0 Å². The fourth-order valence-corrected chi connectivity index (χ4v) is 3.87. The molecular weight excluding hydrogens is 339 g/mol. The number of nitrogens with one attached hydrogen (secondary N) is 1. The van der Waals surface area contributed by atoms with Gasteiger partial charge in [0.15, 0.2) is 5.79 Å². The molecule has 4 unspecified atom stereocenters. The maximum Gasteiger partial charge on any atom is 0.469 e. The highest BCUT2D eigenvalue weighted by Crippen LogP contribution is 2.46. The molecule has 0 spiro atoms. The zero-order valence-corrected chi connectivity index (χ0v) is 14.3. The Morgan fingerprint density at radius 1 is 1.46 bits per heavy atom. The van der Waals surface area contributed by atoms with Gasteiger partial charge in [0.2, 0.25) is 0 Å². The fraction of sp³-hybridized carbons (Fsp3) is 0.643. The van der Waals surface area contributed by atoms with E-state index in [1.54, 1.807) is 24.9 Å². The van der Waals surface area contributed by atoms with Crippen LogP contribution in [0.3, 0.4) is 0 Å². The number of amides is 1. The third-order valence-electron chi connectivity index (χ3n) is 4.33. The average molecular weight is 360 g/mol. The van der Waals surface area contributed by atoms with Gasteiger partial charge < -0.3 is 29.5 Å². The number of nitrogens with zero attached hydrogens (tertiary/aromatic N) is 1. The lowest BCUT2D eigenvalue weighted by Gasteiger charge is -2.34. The second kappa shape index (κ2) is 5.94. The first-order valence-electron chi connectivity index (χ1n) is 7.58. The lowest BCUT2D eigenvalue weighted by Crippen LogP contribution is -2.45. The molecule has 3 N–H and O–H groups in total. The van der Waals surface area contributed by atoms with Gasteiger partial charge in [-0.1, -0.05) is 6.58 Å². The van der Waals surface area contributed by atoms with Gasteiger partial charge in [-0.25, -0.2) is 4.57 Å². The quantitative estimate of drug-likeness (QED) is 0.618. The number of hydrogen-bond acceptors (Lipinski definition) is 6. The van der Waals surface area contributed by atoms with Gasteiger partial charge in [-0.2, -0.15) is 0 Å². The molecule has 10 heteroatoms. The molecule has 0 aromatic heterocycles. The minimum absolute atomic E-state index is 0.141. The predicted molar refractivity (Wildman–Crippen MR) is 82.0 cm³/mol. The number of fused-ring (bicyclic) bond motifs is 1. The van der Waals surface area contributed by atoms with Crippen molar-refractivity contribution >= 4 is 13.7 Å². The Bertz CT molecular complexity index is 629. The minimum Gasteiger partial charge on any atom is -0.344 e. The molecule has 3 aliphatic rings. The van der Waals surface area contributed by atoms with E-state index in [4.69, 9.17) is 19.3 Å². The van der Waals surface area contributed by atoms with Crippen LogP contribution in [0.25, 0.3) is 0 Å². The van der Waals surface area contributed by atoms with Crippen molar-refractivity contribution in [3.05, 3.63) is 24.7 Å². The maximum atomic E-state index is 11.4. The van der Waals surface area contributed by atoms with Crippen molar-refractivity contribution in [2.75, 3.05) is 6.61 Å². The number of hydrogen-bond donors (Lipinski definition) is 3. The second-order valence-corrected chi connectivity index (χ2v) is 7.81. The standard InChI is InChI=1S/C14H21N2O7P/c1-8-15-11(17)4-5-16(8)10-6-9(7-21-24(18,19)20)12-13(10)23-14(2,3)22-12/h4-5,9-10,12-13H,1,6-7H2,2-3H3,(H,15,17)(H2,18,19,20). The van der Waals surface area contributed by atoms with Crippen molar-refractivity contribution in [1.82, 2.24) is 10.2 Å². The van der Waals surface area contributed by atoms with Crippen LogP contribution in [0, 0.1) is 5.92 Å². The highest BCUT2D eigenvalue weighted by molar-refractivity contribution is 7.46. The molecule has 0 aromatic carbocycles. The Kier molecular flexibility index (Phi) is 4.36. The van der Waals surface area contributed by atoms with Gasteiger partial charge >= 0.3 is 7.82 Å². The second-order valence-electron chi connectivity index (χ2n) is 6.57. The molecule has 24 heavy (non-hydrogen) atoms. The first-order chi connectivity index (χ1) is 11.1. The molecule has 1 amide bonds. The molecule has 9 nitrogen and oxygen atoms in total. The number of carbonyl (C=O) groups excluding carboxylic acids is 1. The summed E-state index contributed by atoms with van der Waals surface area (Å²) in [4.78, 5) is 31.1. The summed E-state index contributed by atoms with van der Waals surface area (Å²) in [5, 5.41) is 2.63. The van der Waals surface area contributed by atoms with Crippen LogP contribution in [0.4, 0.5) is 0 Å². The van der Waals surface area contributed by atoms with Gasteiger partial charge in [-0.15, -0.1) is 0 Å². The van der Waals surface area contributed by atoms with Gasteiger partial charge in [-0.05, 0) is 20.3 Å². The molecule has 3 rings (SSSR count). The number of phosphoric acid groups is 1. The molecule has 0 aromatic rings. The van der Waals surface area contributed by atoms with Crippen LogP contribution in [0.15, 0.2) is 24.7 Å². The van der Waals surface area contributed by atoms with E-state index in [1.165, 1.54) is 6.08 Å². The summed E-state index contributed by atoms with van der Waals surface area (Å²) >= 11 is 0. The van der Waals surface area contributed by atoms with Gasteiger partial charge in [0.05, 0.1) is 18.8 Å². The van der Waals surface area contributed by atoms with Gasteiger partial charge in [0.1, 0.15) is 11.9 Å². The molecular formula is C14H21N2O7P. The molecule has 1 saturated carbocycles. The molecule has 0 radical (unpaired) electrons. The molecule has 2 heterocycles. The topological polar surface area (TPSA) is 118 Å². The monoisotopic (exact) mass is 360 g/mol. The van der Waals surface area contributed by atoms with E-state index in [-0.39, 0.29) is 36.7 Å². The number of phosphoric ester groups is 1. The van der Waals surface area contributed by atoms with E-state index in [2.05, 4.69) is 16.4 Å². The third-order valence-corrected chi connectivity index (χ3v) is 4.82. The minimum atomic E-state index is -4.56. The summed E-state index contributed by atoms with van der Waals surface area (Å²) in [5.41, 5.74) is 0. The summed E-state index contributed by atoms with van der Waals surface area (Å²) in [6.07, 6.45) is 2.84. The zero-order chi connectivity index (χ0) is 17.7. The first-order valence-corrected chi connectivity index (χ1v) is 9.11. The van der Waals surface area contributed by atoms with E-state index in [1.807, 2.05) is 0 Å². The van der Waals surface area contributed by atoms with E-state index in [9.17, 15) is 9.36 Å². The summed E-state index contributed by atoms with van der Waals surface area (Å²) in [5.74, 6) is -0.890. The molecule has 134 valence electrons. The van der Waals surface area contributed by atoms with Gasteiger partial charge in [-0.3, -0.25) is 9.32 Å². The summed E-state index contributed by atoms with van der Waals surface area (Å²) in [6.45, 7) is 7.27. The van der Waals surface area contributed by atoms with E-state index in [0.29, 0.717) is 12.2 Å². The van der Waals surface area contributed by atoms with Crippen LogP contribution < -0.4 is 5.32 Å². The van der Waals surface area contributed by atoms with Crippen molar-refractivity contribution in [3.63, 3.8) is 0 Å². The fourth-order valence-electron chi connectivity index (χ4n) is 3.48. The Labute approximate surface area is 139 Å². The van der Waals surface area contributed by atoms with Gasteiger partial charge in [0, 0.05) is 18.2 Å². The van der Waals surface area contributed by atoms with Crippen LogP contribution in [0.5, 0.6) is 0 Å². The third kappa shape index (κ3) is 3.56. The molecule has 2 fully saturated rings. The SMILES string of the molecule is C=C1NC(=O)C=CN1C1CC(COP(=O)(O)O)C2OC(C)(C)OC21. The van der Waals surface area contributed by atoms with Crippen LogP contribution in [-0.2, 0) is 23.4 Å². The van der Waals surface area contributed by atoms with E-state index in [0.717, 1.165) is 0 Å². The molecule has 4 atom stereocenters. The molecule has 1 aliphatic carbocycles. The first kappa shape index (κ1) is 17.6. The largest absolute Gasteiger partial charge is 0.469 e. The highest BCUT2D eigenvalue weighted by Gasteiger charge is 2.56. The molecule has 2 aliphatic heterocycles. The smallest absolute Gasteiger partial charge is 0.344 e. The summed E-state index contributed by atoms with van der Waals surface area (Å²) in [7, 11) is -4.56. The molecule has 0 bridgehead atoms. The lowest BCUT2D eigenvalue weighted by atomic mass is 10.1. The Balaban J connectivity index is 1.80. The summed E-state index contributed by atoms with van der Waals surface area (Å²) in [6, 6.07) is -0.188. The zero-order valence-electron chi connectivity index (χ0n) is 13.4. The van der Waals surface area contributed by atoms with Crippen molar-refractivity contribution in [1.29, 1.82) is 0 Å². The van der Waals surface area contributed by atoms with Crippen molar-refractivity contribution < 1.29 is 33.1 Å². The van der Waals surface area contributed by atoms with E-state index >= 15 is 0 Å². The van der Waals surface area contributed by atoms with E-state index < -0.39 is 13.6 Å². The Morgan fingerprint density at radius 2 is 2.12 bits per heavy atom. The van der Waals surface area contributed by atoms with Crippen LogP contribution >= 0.6 is 7.82 Å². The summed E-state index contributed by atoms with van der Waals surface area (Å²) < 4.78 is 27.5. The van der Waals surface area contributed by atoms with Crippen molar-refractivity contribution in [2.24, 2.45) is 5.92 Å². The van der Waals surface area contributed by atoms with Crippen molar-refractivity contribution in [2.45, 2.75) is 44.3 Å². The van der Waals surface area contributed by atoms with Gasteiger partial charge in [0.25, 0.3) is 5.91 Å². The average Bonchev–Trinajstić information content (AvgIpc) is 2.90. The Hall–Kier alpha value is -1.22. The number of carbonyl (C=O) groups is 1. The highest BCUT2D eigenvalue weighted by atomic mass is 31.2. The Morgan fingerprint density at radius 3 is 2.75 bits per heavy atom.